The molecule has 0 heterocycles. The Labute approximate surface area is 123 Å². The molecule has 0 spiro atoms. The zero-order valence-electron chi connectivity index (χ0n) is 10.1. The standard InChI is InChI=1S/C13H14BrClF3N/c14-9-4-5-12(11(15)7-9)19-10-3-1-2-8(6-10)13(16,17)18/h4-5,7-8,10,19H,1-3,6H2. The number of alkyl halides is 3. The van der Waals surface area contributed by atoms with Crippen LogP contribution in [-0.4, -0.2) is 12.2 Å². The molecule has 1 aliphatic carbocycles. The van der Waals surface area contributed by atoms with Crippen LogP contribution in [0.1, 0.15) is 25.7 Å². The van der Waals surface area contributed by atoms with Gasteiger partial charge in [0, 0.05) is 10.5 Å². The van der Waals surface area contributed by atoms with Crippen LogP contribution in [0.4, 0.5) is 18.9 Å². The van der Waals surface area contributed by atoms with Crippen LogP contribution < -0.4 is 5.32 Å². The Bertz CT molecular complexity index is 450. The van der Waals surface area contributed by atoms with E-state index in [1.54, 1.807) is 12.1 Å². The predicted molar refractivity (Wildman–Crippen MR) is 74.6 cm³/mol. The molecule has 0 bridgehead atoms. The summed E-state index contributed by atoms with van der Waals surface area (Å²) in [5, 5.41) is 3.64. The smallest absolute Gasteiger partial charge is 0.381 e. The van der Waals surface area contributed by atoms with Crippen LogP contribution in [0.25, 0.3) is 0 Å². The van der Waals surface area contributed by atoms with Crippen LogP contribution in [-0.2, 0) is 0 Å². The summed E-state index contributed by atoms with van der Waals surface area (Å²) >= 11 is 9.36. The van der Waals surface area contributed by atoms with Crippen molar-refractivity contribution in [2.45, 2.75) is 37.9 Å². The topological polar surface area (TPSA) is 12.0 Å². The van der Waals surface area contributed by atoms with E-state index in [2.05, 4.69) is 21.2 Å². The summed E-state index contributed by atoms with van der Waals surface area (Å²) in [7, 11) is 0. The lowest BCUT2D eigenvalue weighted by Gasteiger charge is -2.31. The fourth-order valence-corrected chi connectivity index (χ4v) is 3.17. The molecule has 6 heteroatoms. The Morgan fingerprint density at radius 2 is 2.00 bits per heavy atom. The van der Waals surface area contributed by atoms with Gasteiger partial charge < -0.3 is 5.32 Å². The number of halogens is 5. The molecular formula is C13H14BrClF3N. The quantitative estimate of drug-likeness (QED) is 0.723. The highest BCUT2D eigenvalue weighted by Gasteiger charge is 2.42. The SMILES string of the molecule is FC(F)(F)C1CCCC(Nc2ccc(Br)cc2Cl)C1. The molecule has 1 aromatic carbocycles. The van der Waals surface area contributed by atoms with E-state index in [1.165, 1.54) is 0 Å². The maximum absolute atomic E-state index is 12.7. The number of anilines is 1. The van der Waals surface area contributed by atoms with Gasteiger partial charge in [-0.2, -0.15) is 13.2 Å². The minimum atomic E-state index is -4.09. The van der Waals surface area contributed by atoms with Crippen molar-refractivity contribution >= 4 is 33.2 Å². The van der Waals surface area contributed by atoms with E-state index in [1.807, 2.05) is 6.07 Å². The lowest BCUT2D eigenvalue weighted by atomic mass is 9.85. The number of rotatable bonds is 2. The molecule has 1 aromatic rings. The van der Waals surface area contributed by atoms with Crippen molar-refractivity contribution in [2.75, 3.05) is 5.32 Å². The van der Waals surface area contributed by atoms with Gasteiger partial charge in [0.15, 0.2) is 0 Å². The lowest BCUT2D eigenvalue weighted by molar-refractivity contribution is -0.182. The van der Waals surface area contributed by atoms with E-state index in [0.717, 1.165) is 10.9 Å². The van der Waals surface area contributed by atoms with Gasteiger partial charge in [-0.3, -0.25) is 0 Å². The van der Waals surface area contributed by atoms with E-state index in [0.29, 0.717) is 17.1 Å². The molecule has 1 saturated carbocycles. The molecule has 0 amide bonds. The van der Waals surface area contributed by atoms with Crippen molar-refractivity contribution < 1.29 is 13.2 Å². The Kier molecular flexibility index (Phi) is 4.66. The fraction of sp³-hybridized carbons (Fsp3) is 0.538. The van der Waals surface area contributed by atoms with Gasteiger partial charge in [0.25, 0.3) is 0 Å². The average molecular weight is 357 g/mol. The summed E-state index contributed by atoms with van der Waals surface area (Å²) in [5.74, 6) is -1.20. The van der Waals surface area contributed by atoms with E-state index >= 15 is 0 Å². The van der Waals surface area contributed by atoms with Crippen LogP contribution >= 0.6 is 27.5 Å². The summed E-state index contributed by atoms with van der Waals surface area (Å²) < 4.78 is 39.0. The molecule has 1 fully saturated rings. The van der Waals surface area contributed by atoms with E-state index < -0.39 is 12.1 Å². The fourth-order valence-electron chi connectivity index (χ4n) is 2.44. The molecule has 2 atom stereocenters. The molecule has 1 nitrogen and oxygen atoms in total. The number of hydrogen-bond donors (Lipinski definition) is 1. The largest absolute Gasteiger partial charge is 0.391 e. The van der Waals surface area contributed by atoms with Gasteiger partial charge in [-0.25, -0.2) is 0 Å². The Balaban J connectivity index is 2.03. The number of hydrogen-bond acceptors (Lipinski definition) is 1. The Morgan fingerprint density at radius 1 is 1.26 bits per heavy atom. The molecule has 1 aliphatic rings. The predicted octanol–water partition coefficient (Wildman–Crippen LogP) is 5.64. The van der Waals surface area contributed by atoms with Crippen molar-refractivity contribution in [1.82, 2.24) is 0 Å². The highest BCUT2D eigenvalue weighted by Crippen LogP contribution is 2.39. The van der Waals surface area contributed by atoms with Gasteiger partial charge in [-0.1, -0.05) is 34.0 Å². The second-order valence-electron chi connectivity index (χ2n) is 4.87. The highest BCUT2D eigenvalue weighted by atomic mass is 79.9. The zero-order valence-corrected chi connectivity index (χ0v) is 12.4. The van der Waals surface area contributed by atoms with Crippen molar-refractivity contribution in [1.29, 1.82) is 0 Å². The highest BCUT2D eigenvalue weighted by molar-refractivity contribution is 9.10. The lowest BCUT2D eigenvalue weighted by Crippen LogP contribution is -2.34. The normalized spacial score (nSPS) is 24.3. The van der Waals surface area contributed by atoms with Crippen molar-refractivity contribution in [2.24, 2.45) is 5.92 Å². The van der Waals surface area contributed by atoms with Crippen LogP contribution in [0.2, 0.25) is 5.02 Å². The van der Waals surface area contributed by atoms with Crippen LogP contribution in [0.3, 0.4) is 0 Å². The minimum Gasteiger partial charge on any atom is -0.381 e. The zero-order chi connectivity index (χ0) is 14.0. The summed E-state index contributed by atoms with van der Waals surface area (Å²) in [5.41, 5.74) is 0.692. The maximum atomic E-state index is 12.7. The first-order valence-corrected chi connectivity index (χ1v) is 7.31. The van der Waals surface area contributed by atoms with Crippen LogP contribution in [0.15, 0.2) is 22.7 Å². The van der Waals surface area contributed by atoms with Crippen LogP contribution in [0.5, 0.6) is 0 Å². The first kappa shape index (κ1) is 15.0. The third kappa shape index (κ3) is 4.02. The van der Waals surface area contributed by atoms with Crippen molar-refractivity contribution in [3.8, 4) is 0 Å². The molecule has 1 N–H and O–H groups in total. The molecule has 0 saturated heterocycles. The van der Waals surface area contributed by atoms with E-state index in [9.17, 15) is 13.2 Å². The number of nitrogens with one attached hydrogen (secondary N) is 1. The third-order valence-corrected chi connectivity index (χ3v) is 4.23. The second-order valence-corrected chi connectivity index (χ2v) is 6.19. The van der Waals surface area contributed by atoms with E-state index in [-0.39, 0.29) is 18.9 Å². The van der Waals surface area contributed by atoms with Gasteiger partial charge in [-0.15, -0.1) is 0 Å². The maximum Gasteiger partial charge on any atom is 0.391 e. The molecule has 0 radical (unpaired) electrons. The molecule has 2 unspecified atom stereocenters. The first-order chi connectivity index (χ1) is 8.86. The molecule has 0 aliphatic heterocycles. The van der Waals surface area contributed by atoms with Crippen molar-refractivity contribution in [3.05, 3.63) is 27.7 Å². The van der Waals surface area contributed by atoms with Gasteiger partial charge in [0.1, 0.15) is 0 Å². The summed E-state index contributed by atoms with van der Waals surface area (Å²) in [6.45, 7) is 0. The summed E-state index contributed by atoms with van der Waals surface area (Å²) in [6, 6.07) is 5.16. The van der Waals surface area contributed by atoms with E-state index in [4.69, 9.17) is 11.6 Å². The van der Waals surface area contributed by atoms with Crippen molar-refractivity contribution in [3.63, 3.8) is 0 Å². The van der Waals surface area contributed by atoms with Gasteiger partial charge >= 0.3 is 6.18 Å². The molecule has 2 rings (SSSR count). The number of benzene rings is 1. The molecule has 0 aromatic heterocycles. The Hall–Kier alpha value is -0.420. The first-order valence-electron chi connectivity index (χ1n) is 6.14. The molecule has 19 heavy (non-hydrogen) atoms. The monoisotopic (exact) mass is 355 g/mol. The summed E-state index contributed by atoms with van der Waals surface area (Å²) in [6.07, 6.45) is -2.40. The van der Waals surface area contributed by atoms with Gasteiger partial charge in [0.05, 0.1) is 16.6 Å². The van der Waals surface area contributed by atoms with Gasteiger partial charge in [-0.05, 0) is 37.5 Å². The Morgan fingerprint density at radius 3 is 2.63 bits per heavy atom. The second kappa shape index (κ2) is 5.92. The van der Waals surface area contributed by atoms with Gasteiger partial charge in [0.2, 0.25) is 0 Å². The summed E-state index contributed by atoms with van der Waals surface area (Å²) in [4.78, 5) is 0. The minimum absolute atomic E-state index is 0.121. The average Bonchev–Trinajstić information content (AvgIpc) is 2.32. The van der Waals surface area contributed by atoms with Crippen LogP contribution in [0, 0.1) is 5.92 Å². The molecular weight excluding hydrogens is 343 g/mol. The third-order valence-electron chi connectivity index (χ3n) is 3.43. The molecule has 106 valence electrons.